The minimum atomic E-state index is 0.242. The molecule has 0 aromatic rings. The molecule has 1 rings (SSSR count). The predicted molar refractivity (Wildman–Crippen MR) is 65.5 cm³/mol. The van der Waals surface area contributed by atoms with Gasteiger partial charge in [0.25, 0.3) is 0 Å². The number of hydrogen-bond acceptors (Lipinski definition) is 4. The van der Waals surface area contributed by atoms with Crippen LogP contribution in [0.5, 0.6) is 0 Å². The maximum atomic E-state index is 9.07. The molecule has 3 N–H and O–H groups in total. The summed E-state index contributed by atoms with van der Waals surface area (Å²) in [6.45, 7) is 9.23. The van der Waals surface area contributed by atoms with Crippen molar-refractivity contribution >= 4 is 0 Å². The summed E-state index contributed by atoms with van der Waals surface area (Å²) in [5, 5.41) is 16.0. The summed E-state index contributed by atoms with van der Waals surface area (Å²) >= 11 is 0. The summed E-state index contributed by atoms with van der Waals surface area (Å²) in [7, 11) is 0. The molecule has 1 fully saturated rings. The van der Waals surface area contributed by atoms with E-state index in [4.69, 9.17) is 9.84 Å². The second kappa shape index (κ2) is 7.22. The molecule has 0 spiro atoms. The van der Waals surface area contributed by atoms with Crippen LogP contribution in [0.3, 0.4) is 0 Å². The van der Waals surface area contributed by atoms with Gasteiger partial charge in [-0.1, -0.05) is 6.92 Å². The Balaban J connectivity index is 2.20. The third-order valence-electron chi connectivity index (χ3n) is 3.33. The van der Waals surface area contributed by atoms with Crippen LogP contribution in [0, 0.1) is 5.92 Å². The zero-order valence-electron chi connectivity index (χ0n) is 10.7. The van der Waals surface area contributed by atoms with Crippen LogP contribution in [0.15, 0.2) is 0 Å². The minimum absolute atomic E-state index is 0.242. The van der Waals surface area contributed by atoms with Gasteiger partial charge in [0.15, 0.2) is 0 Å². The van der Waals surface area contributed by atoms with Crippen LogP contribution in [0.4, 0.5) is 0 Å². The van der Waals surface area contributed by atoms with Crippen molar-refractivity contribution in [3.05, 3.63) is 0 Å². The molecule has 0 amide bonds. The molecule has 4 atom stereocenters. The first-order chi connectivity index (χ1) is 7.63. The topological polar surface area (TPSA) is 53.5 Å². The maximum absolute atomic E-state index is 9.07. The molecule has 0 radical (unpaired) electrons. The van der Waals surface area contributed by atoms with E-state index < -0.39 is 0 Å². The molecule has 4 heteroatoms. The van der Waals surface area contributed by atoms with Crippen LogP contribution in [-0.2, 0) is 4.74 Å². The lowest BCUT2D eigenvalue weighted by atomic mass is 10.0. The molecule has 0 saturated carbocycles. The third kappa shape index (κ3) is 4.78. The highest BCUT2D eigenvalue weighted by Gasteiger charge is 2.19. The molecule has 0 aromatic carbocycles. The predicted octanol–water partition coefficient (Wildman–Crippen LogP) is 0.360. The van der Waals surface area contributed by atoms with E-state index >= 15 is 0 Å². The second-order valence-electron chi connectivity index (χ2n) is 4.98. The molecular formula is C12H26N2O2. The average molecular weight is 230 g/mol. The first kappa shape index (κ1) is 13.9. The van der Waals surface area contributed by atoms with E-state index in [9.17, 15) is 0 Å². The van der Waals surface area contributed by atoms with E-state index in [2.05, 4.69) is 31.4 Å². The van der Waals surface area contributed by atoms with Gasteiger partial charge < -0.3 is 20.5 Å². The van der Waals surface area contributed by atoms with Crippen molar-refractivity contribution in [2.45, 2.75) is 45.3 Å². The summed E-state index contributed by atoms with van der Waals surface area (Å²) in [5.41, 5.74) is 0. The lowest BCUT2D eigenvalue weighted by molar-refractivity contribution is 0.0701. The Bertz CT molecular complexity index is 180. The van der Waals surface area contributed by atoms with Crippen molar-refractivity contribution in [1.29, 1.82) is 0 Å². The highest BCUT2D eigenvalue weighted by molar-refractivity contribution is 4.78. The number of hydrogen-bond donors (Lipinski definition) is 3. The van der Waals surface area contributed by atoms with Crippen LogP contribution in [0.25, 0.3) is 0 Å². The van der Waals surface area contributed by atoms with E-state index in [1.165, 1.54) is 0 Å². The van der Waals surface area contributed by atoms with Gasteiger partial charge in [0.2, 0.25) is 0 Å². The first-order valence-electron chi connectivity index (χ1n) is 6.31. The van der Waals surface area contributed by atoms with Crippen LogP contribution < -0.4 is 10.6 Å². The Kier molecular flexibility index (Phi) is 6.28. The average Bonchev–Trinajstić information content (AvgIpc) is 2.29. The summed E-state index contributed by atoms with van der Waals surface area (Å²) in [4.78, 5) is 0. The summed E-state index contributed by atoms with van der Waals surface area (Å²) in [5.74, 6) is 0.304. The van der Waals surface area contributed by atoms with Gasteiger partial charge in [-0.2, -0.15) is 0 Å². The molecule has 1 heterocycles. The second-order valence-corrected chi connectivity index (χ2v) is 4.98. The molecule has 0 bridgehead atoms. The van der Waals surface area contributed by atoms with Gasteiger partial charge in [-0.3, -0.25) is 0 Å². The number of aliphatic hydroxyl groups is 1. The molecule has 1 aliphatic rings. The van der Waals surface area contributed by atoms with E-state index in [0.717, 1.165) is 26.2 Å². The van der Waals surface area contributed by atoms with Crippen LogP contribution in [-0.4, -0.2) is 49.6 Å². The van der Waals surface area contributed by atoms with Crippen molar-refractivity contribution < 1.29 is 9.84 Å². The normalized spacial score (nSPS) is 27.4. The van der Waals surface area contributed by atoms with Gasteiger partial charge >= 0.3 is 0 Å². The van der Waals surface area contributed by atoms with Crippen LogP contribution in [0.1, 0.15) is 27.2 Å². The van der Waals surface area contributed by atoms with Crippen LogP contribution in [0.2, 0.25) is 0 Å². The van der Waals surface area contributed by atoms with Gasteiger partial charge in [-0.15, -0.1) is 0 Å². The molecule has 96 valence electrons. The zero-order chi connectivity index (χ0) is 12.0. The number of nitrogens with one attached hydrogen (secondary N) is 2. The number of aliphatic hydroxyl groups excluding tert-OH is 1. The third-order valence-corrected chi connectivity index (χ3v) is 3.33. The van der Waals surface area contributed by atoms with E-state index in [1.807, 2.05) is 0 Å². The summed E-state index contributed by atoms with van der Waals surface area (Å²) < 4.78 is 5.43. The van der Waals surface area contributed by atoms with Crippen molar-refractivity contribution in [2.75, 3.05) is 26.4 Å². The van der Waals surface area contributed by atoms with Crippen molar-refractivity contribution in [2.24, 2.45) is 5.92 Å². The largest absolute Gasteiger partial charge is 0.396 e. The standard InChI is InChI=1S/C12H26N2O2/c1-9(7-15)11(3)14-10(2)6-12-8-16-5-4-13-12/h9-15H,4-8H2,1-3H3. The fourth-order valence-electron chi connectivity index (χ4n) is 2.04. The molecule has 0 aromatic heterocycles. The minimum Gasteiger partial charge on any atom is -0.396 e. The lowest BCUT2D eigenvalue weighted by Crippen LogP contribution is -2.47. The monoisotopic (exact) mass is 230 g/mol. The van der Waals surface area contributed by atoms with Crippen LogP contribution >= 0.6 is 0 Å². The fourth-order valence-corrected chi connectivity index (χ4v) is 2.04. The molecule has 4 nitrogen and oxygen atoms in total. The van der Waals surface area contributed by atoms with E-state index in [-0.39, 0.29) is 6.61 Å². The van der Waals surface area contributed by atoms with E-state index in [1.54, 1.807) is 0 Å². The number of ether oxygens (including phenoxy) is 1. The van der Waals surface area contributed by atoms with E-state index in [0.29, 0.717) is 24.0 Å². The quantitative estimate of drug-likeness (QED) is 0.617. The molecular weight excluding hydrogens is 204 g/mol. The van der Waals surface area contributed by atoms with Gasteiger partial charge in [0.1, 0.15) is 0 Å². The lowest BCUT2D eigenvalue weighted by Gasteiger charge is -2.29. The van der Waals surface area contributed by atoms with Crippen molar-refractivity contribution in [1.82, 2.24) is 10.6 Å². The first-order valence-corrected chi connectivity index (χ1v) is 6.31. The molecule has 1 aliphatic heterocycles. The molecule has 4 unspecified atom stereocenters. The Morgan fingerprint density at radius 1 is 1.44 bits per heavy atom. The smallest absolute Gasteiger partial charge is 0.0620 e. The Labute approximate surface area is 98.8 Å². The van der Waals surface area contributed by atoms with Gasteiger partial charge in [0.05, 0.1) is 13.2 Å². The van der Waals surface area contributed by atoms with Gasteiger partial charge in [0, 0.05) is 31.3 Å². The maximum Gasteiger partial charge on any atom is 0.0620 e. The highest BCUT2D eigenvalue weighted by Crippen LogP contribution is 2.07. The number of morpholine rings is 1. The van der Waals surface area contributed by atoms with Gasteiger partial charge in [-0.25, -0.2) is 0 Å². The van der Waals surface area contributed by atoms with Crippen molar-refractivity contribution in [3.8, 4) is 0 Å². The summed E-state index contributed by atoms with van der Waals surface area (Å²) in [6.07, 6.45) is 1.07. The Morgan fingerprint density at radius 3 is 2.75 bits per heavy atom. The van der Waals surface area contributed by atoms with Crippen molar-refractivity contribution in [3.63, 3.8) is 0 Å². The molecule has 16 heavy (non-hydrogen) atoms. The molecule has 1 saturated heterocycles. The Hall–Kier alpha value is -0.160. The fraction of sp³-hybridized carbons (Fsp3) is 1.00. The summed E-state index contributed by atoms with van der Waals surface area (Å²) in [6, 6.07) is 1.26. The highest BCUT2D eigenvalue weighted by atomic mass is 16.5. The Morgan fingerprint density at radius 2 is 2.19 bits per heavy atom. The molecule has 0 aliphatic carbocycles. The zero-order valence-corrected chi connectivity index (χ0v) is 10.7. The number of rotatable bonds is 6. The SMILES string of the molecule is CC(CC1COCCN1)NC(C)C(C)CO. The van der Waals surface area contributed by atoms with Gasteiger partial charge in [-0.05, 0) is 26.2 Å².